The predicted molar refractivity (Wildman–Crippen MR) is 212 cm³/mol. The van der Waals surface area contributed by atoms with Gasteiger partial charge in [-0.1, -0.05) is 166 Å². The summed E-state index contributed by atoms with van der Waals surface area (Å²) >= 11 is 0. The second kappa shape index (κ2) is 11.3. The molecule has 0 spiro atoms. The Labute approximate surface area is 297 Å². The summed E-state index contributed by atoms with van der Waals surface area (Å²) in [7, 11) is 0. The molecule has 0 bridgehead atoms. The van der Waals surface area contributed by atoms with Crippen LogP contribution in [0.4, 0.5) is 0 Å². The maximum Gasteiger partial charge on any atom is 0.164 e. The number of fused-ring (bicyclic) bond motifs is 7. The lowest BCUT2D eigenvalue weighted by atomic mass is 9.82. The molecule has 1 heterocycles. The van der Waals surface area contributed by atoms with Crippen LogP contribution in [0, 0.1) is 0 Å². The van der Waals surface area contributed by atoms with Gasteiger partial charge >= 0.3 is 0 Å². The lowest BCUT2D eigenvalue weighted by Gasteiger charge is -2.22. The molecule has 51 heavy (non-hydrogen) atoms. The first-order valence-corrected chi connectivity index (χ1v) is 17.5. The van der Waals surface area contributed by atoms with Gasteiger partial charge in [0, 0.05) is 22.1 Å². The zero-order valence-electron chi connectivity index (χ0n) is 28.4. The van der Waals surface area contributed by atoms with Crippen LogP contribution in [0.5, 0.6) is 0 Å². The molecule has 0 radical (unpaired) electrons. The minimum atomic E-state index is -0.133. The van der Waals surface area contributed by atoms with Gasteiger partial charge in [0.05, 0.1) is 0 Å². The van der Waals surface area contributed by atoms with Gasteiger partial charge in [-0.15, -0.1) is 0 Å². The minimum Gasteiger partial charge on any atom is -0.208 e. The van der Waals surface area contributed by atoms with Crippen LogP contribution in [-0.2, 0) is 5.41 Å². The Morgan fingerprint density at radius 1 is 0.353 bits per heavy atom. The highest BCUT2D eigenvalue weighted by molar-refractivity contribution is 6.21. The van der Waals surface area contributed by atoms with Crippen molar-refractivity contribution in [1.82, 2.24) is 15.0 Å². The molecular formula is C48H33N3. The van der Waals surface area contributed by atoms with Crippen LogP contribution in [-0.4, -0.2) is 15.0 Å². The SMILES string of the molecule is CC1(C)c2ccccc2-c2ccc(-c3nc(-c4ccccc4)nc(-c4ccccc4-c4c5ccccc5cc5c4ccc4ccccc45)n3)cc21. The van der Waals surface area contributed by atoms with E-state index in [0.29, 0.717) is 17.5 Å². The monoisotopic (exact) mass is 651 g/mol. The largest absolute Gasteiger partial charge is 0.208 e. The highest BCUT2D eigenvalue weighted by Crippen LogP contribution is 2.49. The second-order valence-electron chi connectivity index (χ2n) is 14.0. The zero-order valence-corrected chi connectivity index (χ0v) is 28.4. The molecule has 8 aromatic carbocycles. The topological polar surface area (TPSA) is 38.7 Å². The first kappa shape index (κ1) is 29.5. The van der Waals surface area contributed by atoms with Gasteiger partial charge in [0.25, 0.3) is 0 Å². The van der Waals surface area contributed by atoms with E-state index < -0.39 is 0 Å². The van der Waals surface area contributed by atoms with Crippen LogP contribution in [0.25, 0.3) is 88.7 Å². The first-order chi connectivity index (χ1) is 25.0. The van der Waals surface area contributed by atoms with Gasteiger partial charge in [0.1, 0.15) is 0 Å². The molecule has 1 aromatic heterocycles. The molecule has 0 N–H and O–H groups in total. The summed E-state index contributed by atoms with van der Waals surface area (Å²) in [5, 5.41) is 7.32. The Morgan fingerprint density at radius 2 is 0.961 bits per heavy atom. The van der Waals surface area contributed by atoms with E-state index in [2.05, 4.69) is 159 Å². The summed E-state index contributed by atoms with van der Waals surface area (Å²) in [4.78, 5) is 15.6. The van der Waals surface area contributed by atoms with Crippen molar-refractivity contribution in [1.29, 1.82) is 0 Å². The lowest BCUT2D eigenvalue weighted by molar-refractivity contribution is 0.660. The average molecular weight is 652 g/mol. The Balaban J connectivity index is 1.23. The van der Waals surface area contributed by atoms with Crippen LogP contribution < -0.4 is 0 Å². The number of benzene rings is 8. The van der Waals surface area contributed by atoms with Crippen LogP contribution in [0.1, 0.15) is 25.0 Å². The summed E-state index contributed by atoms with van der Waals surface area (Å²) < 4.78 is 0. The molecule has 3 nitrogen and oxygen atoms in total. The summed E-state index contributed by atoms with van der Waals surface area (Å²) in [5.41, 5.74) is 10.3. The first-order valence-electron chi connectivity index (χ1n) is 17.5. The van der Waals surface area contributed by atoms with Crippen molar-refractivity contribution in [2.75, 3.05) is 0 Å². The summed E-state index contributed by atoms with van der Waals surface area (Å²) in [6.07, 6.45) is 0. The Kier molecular flexibility index (Phi) is 6.53. The molecule has 9 aromatic rings. The highest BCUT2D eigenvalue weighted by Gasteiger charge is 2.35. The van der Waals surface area contributed by atoms with Gasteiger partial charge < -0.3 is 0 Å². The lowest BCUT2D eigenvalue weighted by Crippen LogP contribution is -2.15. The Morgan fingerprint density at radius 3 is 1.78 bits per heavy atom. The van der Waals surface area contributed by atoms with Crippen LogP contribution in [0.15, 0.2) is 164 Å². The molecule has 0 aliphatic heterocycles. The molecule has 0 atom stereocenters. The van der Waals surface area contributed by atoms with Gasteiger partial charge in [0.2, 0.25) is 0 Å². The van der Waals surface area contributed by atoms with E-state index in [4.69, 9.17) is 15.0 Å². The number of rotatable bonds is 4. The van der Waals surface area contributed by atoms with E-state index in [1.165, 1.54) is 60.1 Å². The zero-order chi connectivity index (χ0) is 34.1. The van der Waals surface area contributed by atoms with Crippen molar-refractivity contribution in [3.8, 4) is 56.4 Å². The standard InChI is InChI=1S/C48H33N3/c1-48(2)42-23-13-12-20-36(42)37-26-25-33(29-43(37)48)46-49-45(31-15-4-3-5-16-31)50-47(51-46)40-22-11-10-21-38(40)44-35-19-9-7-17-32(35)28-41-34-18-8-6-14-30(34)24-27-39(41)44/h3-29H,1-2H3. The quantitative estimate of drug-likeness (QED) is 0.140. The van der Waals surface area contributed by atoms with Crippen molar-refractivity contribution in [2.24, 2.45) is 0 Å². The van der Waals surface area contributed by atoms with Gasteiger partial charge in [-0.2, -0.15) is 0 Å². The smallest absolute Gasteiger partial charge is 0.164 e. The van der Waals surface area contributed by atoms with Gasteiger partial charge in [-0.3, -0.25) is 0 Å². The van der Waals surface area contributed by atoms with E-state index in [9.17, 15) is 0 Å². The van der Waals surface area contributed by atoms with E-state index >= 15 is 0 Å². The van der Waals surface area contributed by atoms with Crippen molar-refractivity contribution in [2.45, 2.75) is 19.3 Å². The maximum atomic E-state index is 5.30. The van der Waals surface area contributed by atoms with Gasteiger partial charge in [-0.05, 0) is 77.8 Å². The molecule has 0 saturated carbocycles. The Bertz CT molecular complexity index is 2830. The minimum absolute atomic E-state index is 0.133. The molecule has 3 heteroatoms. The average Bonchev–Trinajstić information content (AvgIpc) is 3.42. The number of hydrogen-bond donors (Lipinski definition) is 0. The third-order valence-electron chi connectivity index (χ3n) is 10.7. The van der Waals surface area contributed by atoms with Crippen molar-refractivity contribution in [3.63, 3.8) is 0 Å². The second-order valence-corrected chi connectivity index (χ2v) is 14.0. The van der Waals surface area contributed by atoms with E-state index in [1.54, 1.807) is 0 Å². The number of hydrogen-bond acceptors (Lipinski definition) is 3. The van der Waals surface area contributed by atoms with E-state index in [0.717, 1.165) is 22.3 Å². The molecule has 1 aliphatic carbocycles. The highest BCUT2D eigenvalue weighted by atomic mass is 15.0. The third-order valence-corrected chi connectivity index (χ3v) is 10.7. The fourth-order valence-corrected chi connectivity index (χ4v) is 8.19. The molecule has 1 aliphatic rings. The molecular weight excluding hydrogens is 619 g/mol. The molecule has 0 fully saturated rings. The molecule has 240 valence electrons. The molecule has 0 saturated heterocycles. The summed E-state index contributed by atoms with van der Waals surface area (Å²) in [5.74, 6) is 1.97. The normalized spacial score (nSPS) is 13.1. The fourth-order valence-electron chi connectivity index (χ4n) is 8.19. The van der Waals surface area contributed by atoms with E-state index in [-0.39, 0.29) is 5.41 Å². The molecule has 10 rings (SSSR count). The van der Waals surface area contributed by atoms with Gasteiger partial charge in [-0.25, -0.2) is 15.0 Å². The summed E-state index contributed by atoms with van der Waals surface area (Å²) in [6.45, 7) is 4.62. The van der Waals surface area contributed by atoms with Crippen molar-refractivity contribution < 1.29 is 0 Å². The van der Waals surface area contributed by atoms with Crippen molar-refractivity contribution in [3.05, 3.63) is 175 Å². The van der Waals surface area contributed by atoms with Crippen LogP contribution >= 0.6 is 0 Å². The number of nitrogens with zero attached hydrogens (tertiary/aromatic N) is 3. The van der Waals surface area contributed by atoms with Gasteiger partial charge in [0.15, 0.2) is 17.5 Å². The van der Waals surface area contributed by atoms with Crippen LogP contribution in [0.2, 0.25) is 0 Å². The number of aromatic nitrogens is 3. The fraction of sp³-hybridized carbons (Fsp3) is 0.0625. The van der Waals surface area contributed by atoms with Crippen molar-refractivity contribution >= 4 is 32.3 Å². The maximum absolute atomic E-state index is 5.30. The predicted octanol–water partition coefficient (Wildman–Crippen LogP) is 12.3. The summed E-state index contributed by atoms with van der Waals surface area (Å²) in [6, 6.07) is 58.4. The van der Waals surface area contributed by atoms with Crippen LogP contribution in [0.3, 0.4) is 0 Å². The van der Waals surface area contributed by atoms with E-state index in [1.807, 2.05) is 18.2 Å². The molecule has 0 unspecified atom stereocenters. The third kappa shape index (κ3) is 4.62. The molecule has 0 amide bonds. The Hall–Kier alpha value is -6.45.